The normalized spacial score (nSPS) is 13.6. The first-order chi connectivity index (χ1) is 12.9. The molecule has 1 aliphatic heterocycles. The smallest absolute Gasteiger partial charge is 0.228 e. The van der Waals surface area contributed by atoms with Crippen molar-refractivity contribution in [2.24, 2.45) is 0 Å². The molecule has 0 bridgehead atoms. The molecule has 2 aromatic rings. The first kappa shape index (κ1) is 18.6. The largest absolute Gasteiger partial charge is 0.326 e. The molecule has 0 saturated carbocycles. The van der Waals surface area contributed by atoms with Gasteiger partial charge in [-0.3, -0.25) is 14.4 Å². The second kappa shape index (κ2) is 7.99. The molecule has 0 spiro atoms. The van der Waals surface area contributed by atoms with Gasteiger partial charge >= 0.3 is 0 Å². The molecule has 0 aliphatic carbocycles. The van der Waals surface area contributed by atoms with E-state index in [2.05, 4.69) is 10.6 Å². The number of hydrogen-bond donors (Lipinski definition) is 2. The Bertz CT molecular complexity index is 881. The van der Waals surface area contributed by atoms with Crippen LogP contribution in [0.25, 0.3) is 0 Å². The molecule has 3 rings (SSSR count). The van der Waals surface area contributed by atoms with Crippen molar-refractivity contribution in [3.63, 3.8) is 0 Å². The Morgan fingerprint density at radius 2 is 1.85 bits per heavy atom. The first-order valence-corrected chi connectivity index (χ1v) is 8.68. The van der Waals surface area contributed by atoms with Crippen LogP contribution in [0.5, 0.6) is 0 Å². The van der Waals surface area contributed by atoms with Gasteiger partial charge in [-0.25, -0.2) is 4.39 Å². The van der Waals surface area contributed by atoms with Crippen LogP contribution in [-0.4, -0.2) is 24.3 Å². The van der Waals surface area contributed by atoms with Crippen molar-refractivity contribution >= 4 is 34.8 Å². The van der Waals surface area contributed by atoms with Gasteiger partial charge in [-0.2, -0.15) is 0 Å². The Kier molecular flexibility index (Phi) is 5.49. The quantitative estimate of drug-likeness (QED) is 0.850. The molecule has 27 heavy (non-hydrogen) atoms. The van der Waals surface area contributed by atoms with Crippen LogP contribution in [0.1, 0.15) is 25.3 Å². The highest BCUT2D eigenvalue weighted by molar-refractivity contribution is 5.96. The van der Waals surface area contributed by atoms with Gasteiger partial charge in [-0.15, -0.1) is 0 Å². The van der Waals surface area contributed by atoms with E-state index in [1.54, 1.807) is 4.90 Å². The van der Waals surface area contributed by atoms with E-state index in [1.165, 1.54) is 25.1 Å². The first-order valence-electron chi connectivity index (χ1n) is 8.68. The summed E-state index contributed by atoms with van der Waals surface area (Å²) in [4.78, 5) is 36.8. The fourth-order valence-electron chi connectivity index (χ4n) is 2.99. The summed E-state index contributed by atoms with van der Waals surface area (Å²) >= 11 is 0. The van der Waals surface area contributed by atoms with E-state index in [0.717, 1.165) is 24.2 Å². The molecule has 0 radical (unpaired) electrons. The fraction of sp³-hybridized carbons (Fsp3) is 0.250. The number of halogens is 1. The standard InChI is InChI=1S/C20H20FN3O3/c1-13(25)22-18-12-15(6-9-17(18)21)23-19(26)11-14-4-7-16(8-5-14)24-10-2-3-20(24)27/h4-9,12H,2-3,10-11H2,1H3,(H,22,25)(H,23,26). The highest BCUT2D eigenvalue weighted by Gasteiger charge is 2.21. The minimum Gasteiger partial charge on any atom is -0.326 e. The van der Waals surface area contributed by atoms with Crippen LogP contribution in [-0.2, 0) is 20.8 Å². The van der Waals surface area contributed by atoms with E-state index in [9.17, 15) is 18.8 Å². The maximum absolute atomic E-state index is 13.7. The van der Waals surface area contributed by atoms with Crippen LogP contribution in [0.3, 0.4) is 0 Å². The number of nitrogens with zero attached hydrogens (tertiary/aromatic N) is 1. The van der Waals surface area contributed by atoms with Crippen molar-refractivity contribution in [3.05, 3.63) is 53.8 Å². The number of carbonyl (C=O) groups excluding carboxylic acids is 3. The maximum atomic E-state index is 13.7. The van der Waals surface area contributed by atoms with E-state index in [-0.39, 0.29) is 23.9 Å². The minimum absolute atomic E-state index is 0.0138. The number of nitrogens with one attached hydrogen (secondary N) is 2. The third-order valence-electron chi connectivity index (χ3n) is 4.25. The Morgan fingerprint density at radius 1 is 1.11 bits per heavy atom. The van der Waals surface area contributed by atoms with Crippen LogP contribution in [0.4, 0.5) is 21.5 Å². The monoisotopic (exact) mass is 369 g/mol. The molecule has 6 nitrogen and oxygen atoms in total. The van der Waals surface area contributed by atoms with Crippen LogP contribution in [0, 0.1) is 5.82 Å². The molecule has 0 unspecified atom stereocenters. The van der Waals surface area contributed by atoms with Gasteiger partial charge in [0.2, 0.25) is 17.7 Å². The third kappa shape index (κ3) is 4.69. The third-order valence-corrected chi connectivity index (χ3v) is 4.25. The van der Waals surface area contributed by atoms with E-state index >= 15 is 0 Å². The van der Waals surface area contributed by atoms with Crippen molar-refractivity contribution in [1.29, 1.82) is 0 Å². The molecule has 1 fully saturated rings. The topological polar surface area (TPSA) is 78.5 Å². The molecule has 3 amide bonds. The Morgan fingerprint density at radius 3 is 2.48 bits per heavy atom. The van der Waals surface area contributed by atoms with Gasteiger partial charge in [0.05, 0.1) is 12.1 Å². The molecule has 1 saturated heterocycles. The van der Waals surface area contributed by atoms with E-state index in [0.29, 0.717) is 12.1 Å². The van der Waals surface area contributed by atoms with Gasteiger partial charge in [0.25, 0.3) is 0 Å². The van der Waals surface area contributed by atoms with Crippen molar-refractivity contribution in [1.82, 2.24) is 0 Å². The minimum atomic E-state index is -0.574. The van der Waals surface area contributed by atoms with Crippen molar-refractivity contribution < 1.29 is 18.8 Å². The molecular weight excluding hydrogens is 349 g/mol. The summed E-state index contributed by atoms with van der Waals surface area (Å²) < 4.78 is 13.7. The Labute approximate surface area is 156 Å². The maximum Gasteiger partial charge on any atom is 0.228 e. The zero-order valence-electron chi connectivity index (χ0n) is 14.9. The van der Waals surface area contributed by atoms with Crippen molar-refractivity contribution in [2.75, 3.05) is 22.1 Å². The average molecular weight is 369 g/mol. The van der Waals surface area contributed by atoms with Crippen molar-refractivity contribution in [3.8, 4) is 0 Å². The van der Waals surface area contributed by atoms with E-state index < -0.39 is 11.7 Å². The van der Waals surface area contributed by atoms with Gasteiger partial charge in [-0.1, -0.05) is 12.1 Å². The lowest BCUT2D eigenvalue weighted by Crippen LogP contribution is -2.23. The van der Waals surface area contributed by atoms with Gasteiger partial charge in [0.1, 0.15) is 5.82 Å². The van der Waals surface area contributed by atoms with Gasteiger partial charge in [-0.05, 0) is 42.3 Å². The molecule has 2 N–H and O–H groups in total. The van der Waals surface area contributed by atoms with Crippen LogP contribution < -0.4 is 15.5 Å². The molecular formula is C20H20FN3O3. The summed E-state index contributed by atoms with van der Waals surface area (Å²) in [5.74, 6) is -1.11. The highest BCUT2D eigenvalue weighted by atomic mass is 19.1. The summed E-state index contributed by atoms with van der Waals surface area (Å²) in [5, 5.41) is 5.06. The molecule has 0 aromatic heterocycles. The summed E-state index contributed by atoms with van der Waals surface area (Å²) in [6, 6.07) is 11.3. The second-order valence-electron chi connectivity index (χ2n) is 6.42. The lowest BCUT2D eigenvalue weighted by Gasteiger charge is -2.16. The van der Waals surface area contributed by atoms with Crippen molar-refractivity contribution in [2.45, 2.75) is 26.2 Å². The number of carbonyl (C=O) groups is 3. The summed E-state index contributed by atoms with van der Waals surface area (Å²) in [7, 11) is 0. The number of rotatable bonds is 5. The SMILES string of the molecule is CC(=O)Nc1cc(NC(=O)Cc2ccc(N3CCCC3=O)cc2)ccc1F. The average Bonchev–Trinajstić information content (AvgIpc) is 3.04. The zero-order chi connectivity index (χ0) is 19.4. The lowest BCUT2D eigenvalue weighted by molar-refractivity contribution is -0.117. The zero-order valence-corrected chi connectivity index (χ0v) is 14.9. The number of hydrogen-bond acceptors (Lipinski definition) is 3. The molecule has 2 aromatic carbocycles. The lowest BCUT2D eigenvalue weighted by atomic mass is 10.1. The van der Waals surface area contributed by atoms with Gasteiger partial charge in [0, 0.05) is 31.3 Å². The summed E-state index contributed by atoms with van der Waals surface area (Å²) in [6.07, 6.45) is 1.57. The second-order valence-corrected chi connectivity index (χ2v) is 6.42. The molecule has 1 heterocycles. The number of amides is 3. The van der Waals surface area contributed by atoms with Crippen LogP contribution in [0.2, 0.25) is 0 Å². The predicted molar refractivity (Wildman–Crippen MR) is 101 cm³/mol. The Hall–Kier alpha value is -3.22. The fourth-order valence-corrected chi connectivity index (χ4v) is 2.99. The number of anilines is 3. The number of benzene rings is 2. The van der Waals surface area contributed by atoms with E-state index in [1.807, 2.05) is 24.3 Å². The molecule has 1 aliphatic rings. The molecule has 7 heteroatoms. The Balaban J connectivity index is 1.62. The predicted octanol–water partition coefficient (Wildman–Crippen LogP) is 3.09. The van der Waals surface area contributed by atoms with Gasteiger partial charge in [0.15, 0.2) is 0 Å². The van der Waals surface area contributed by atoms with Crippen LogP contribution >= 0.6 is 0 Å². The highest BCUT2D eigenvalue weighted by Crippen LogP contribution is 2.22. The van der Waals surface area contributed by atoms with E-state index in [4.69, 9.17) is 0 Å². The van der Waals surface area contributed by atoms with Gasteiger partial charge < -0.3 is 15.5 Å². The summed E-state index contributed by atoms with van der Waals surface area (Å²) in [6.45, 7) is 2.00. The molecule has 0 atom stereocenters. The molecule has 140 valence electrons. The van der Waals surface area contributed by atoms with Crippen LogP contribution in [0.15, 0.2) is 42.5 Å². The summed E-state index contributed by atoms with van der Waals surface area (Å²) in [5.41, 5.74) is 2.04.